The Bertz CT molecular complexity index is 649. The molecule has 1 aromatic rings. The van der Waals surface area contributed by atoms with Crippen LogP contribution in [0.1, 0.15) is 32.6 Å². The average Bonchev–Trinajstić information content (AvgIpc) is 2.88. The Balaban J connectivity index is 1.73. The van der Waals surface area contributed by atoms with Gasteiger partial charge in [0.25, 0.3) is 0 Å². The second-order valence-corrected chi connectivity index (χ2v) is 6.83. The number of benzene rings is 1. The Morgan fingerprint density at radius 3 is 2.58 bits per heavy atom. The molecule has 1 aromatic carbocycles. The first kappa shape index (κ1) is 19.0. The third-order valence-corrected chi connectivity index (χ3v) is 5.22. The number of aliphatic hydroxyl groups excluding tert-OH is 1. The maximum Gasteiger partial charge on any atom is 0.573 e. The topological polar surface area (TPSA) is 59.0 Å². The molecule has 1 amide bonds. The molecule has 1 aliphatic heterocycles. The molecule has 26 heavy (non-hydrogen) atoms. The SMILES string of the molecule is CCO[C@@H]1C[C@@]2(CC[C@H]1O)CCN(c1ccc(OC(F)(F)F)cc1)C2=O. The first-order valence-corrected chi connectivity index (χ1v) is 8.71. The van der Waals surface area contributed by atoms with E-state index in [9.17, 15) is 23.1 Å². The molecule has 144 valence electrons. The van der Waals surface area contributed by atoms with E-state index in [1.54, 1.807) is 4.90 Å². The number of aliphatic hydroxyl groups is 1. The van der Waals surface area contributed by atoms with Crippen LogP contribution in [0.2, 0.25) is 0 Å². The fraction of sp³-hybridized carbons (Fsp3) is 0.611. The molecule has 0 bridgehead atoms. The molecule has 1 heterocycles. The first-order chi connectivity index (χ1) is 12.2. The minimum absolute atomic E-state index is 0.0569. The summed E-state index contributed by atoms with van der Waals surface area (Å²) in [7, 11) is 0. The smallest absolute Gasteiger partial charge is 0.406 e. The highest BCUT2D eigenvalue weighted by Crippen LogP contribution is 2.47. The van der Waals surface area contributed by atoms with Gasteiger partial charge in [0.15, 0.2) is 0 Å². The summed E-state index contributed by atoms with van der Waals surface area (Å²) < 4.78 is 46.2. The number of hydrogen-bond donors (Lipinski definition) is 1. The zero-order valence-electron chi connectivity index (χ0n) is 14.5. The Kier molecular flexibility index (Phi) is 5.16. The molecule has 1 N–H and O–H groups in total. The van der Waals surface area contributed by atoms with Crippen LogP contribution in [0.5, 0.6) is 5.75 Å². The van der Waals surface area contributed by atoms with Crippen LogP contribution in [0.25, 0.3) is 0 Å². The molecule has 0 radical (unpaired) electrons. The normalized spacial score (nSPS) is 29.4. The van der Waals surface area contributed by atoms with Gasteiger partial charge < -0.3 is 19.5 Å². The van der Waals surface area contributed by atoms with Gasteiger partial charge in [-0.05, 0) is 56.9 Å². The van der Waals surface area contributed by atoms with Crippen molar-refractivity contribution in [3.8, 4) is 5.75 Å². The van der Waals surface area contributed by atoms with Gasteiger partial charge in [-0.25, -0.2) is 0 Å². The fourth-order valence-corrected chi connectivity index (χ4v) is 3.93. The lowest BCUT2D eigenvalue weighted by Crippen LogP contribution is -2.46. The summed E-state index contributed by atoms with van der Waals surface area (Å²) in [5.74, 6) is -0.376. The van der Waals surface area contributed by atoms with E-state index in [0.717, 1.165) is 0 Å². The molecule has 2 aliphatic rings. The van der Waals surface area contributed by atoms with Crippen LogP contribution in [0.15, 0.2) is 24.3 Å². The van der Waals surface area contributed by atoms with Crippen molar-refractivity contribution in [2.45, 2.75) is 51.2 Å². The molecular formula is C18H22F3NO4. The van der Waals surface area contributed by atoms with Crippen LogP contribution < -0.4 is 9.64 Å². The molecule has 3 rings (SSSR count). The maximum absolute atomic E-state index is 13.0. The van der Waals surface area contributed by atoms with E-state index in [2.05, 4.69) is 4.74 Å². The lowest BCUT2D eigenvalue weighted by molar-refractivity contribution is -0.274. The lowest BCUT2D eigenvalue weighted by Gasteiger charge is -2.39. The summed E-state index contributed by atoms with van der Waals surface area (Å²) in [5, 5.41) is 10.1. The Hall–Kier alpha value is -1.80. The molecule has 1 aliphatic carbocycles. The molecule has 8 heteroatoms. The number of alkyl halides is 3. The number of amides is 1. The van der Waals surface area contributed by atoms with Gasteiger partial charge in [0, 0.05) is 18.8 Å². The monoisotopic (exact) mass is 373 g/mol. The number of hydrogen-bond acceptors (Lipinski definition) is 4. The predicted molar refractivity (Wildman–Crippen MR) is 87.8 cm³/mol. The predicted octanol–water partition coefficient (Wildman–Crippen LogP) is 3.26. The van der Waals surface area contributed by atoms with Gasteiger partial charge in [-0.3, -0.25) is 4.79 Å². The molecule has 2 fully saturated rings. The number of rotatable bonds is 4. The second kappa shape index (κ2) is 7.08. The van der Waals surface area contributed by atoms with Gasteiger partial charge in [-0.15, -0.1) is 13.2 Å². The summed E-state index contributed by atoms with van der Waals surface area (Å²) in [6, 6.07) is 5.31. The van der Waals surface area contributed by atoms with E-state index in [4.69, 9.17) is 4.74 Å². The first-order valence-electron chi connectivity index (χ1n) is 8.71. The van der Waals surface area contributed by atoms with Crippen LogP contribution in [-0.4, -0.2) is 42.7 Å². The molecule has 5 nitrogen and oxygen atoms in total. The summed E-state index contributed by atoms with van der Waals surface area (Å²) in [5.41, 5.74) is -0.0271. The van der Waals surface area contributed by atoms with E-state index in [-0.39, 0.29) is 17.8 Å². The number of halogens is 3. The van der Waals surface area contributed by atoms with Gasteiger partial charge in [0.2, 0.25) is 5.91 Å². The molecular weight excluding hydrogens is 351 g/mol. The van der Waals surface area contributed by atoms with E-state index in [0.29, 0.717) is 44.5 Å². The summed E-state index contributed by atoms with van der Waals surface area (Å²) in [6.07, 6.45) is -3.48. The van der Waals surface area contributed by atoms with Crippen molar-refractivity contribution in [1.82, 2.24) is 0 Å². The van der Waals surface area contributed by atoms with Crippen LogP contribution in [-0.2, 0) is 9.53 Å². The van der Waals surface area contributed by atoms with E-state index in [1.165, 1.54) is 24.3 Å². The van der Waals surface area contributed by atoms with Crippen LogP contribution in [0.4, 0.5) is 18.9 Å². The summed E-state index contributed by atoms with van der Waals surface area (Å²) in [4.78, 5) is 14.6. The van der Waals surface area contributed by atoms with Crippen molar-refractivity contribution < 1.29 is 32.5 Å². The summed E-state index contributed by atoms with van der Waals surface area (Å²) in [6.45, 7) is 2.81. The zero-order valence-corrected chi connectivity index (χ0v) is 14.5. The van der Waals surface area contributed by atoms with Gasteiger partial charge >= 0.3 is 6.36 Å². The standard InChI is InChI=1S/C18H22F3NO4/c1-2-25-15-11-17(8-7-14(15)23)9-10-22(16(17)24)12-3-5-13(6-4-12)26-18(19,20)21/h3-6,14-15,23H,2,7-11H2,1H3/t14-,15-,17-/m1/s1. The number of ether oxygens (including phenoxy) is 2. The quantitative estimate of drug-likeness (QED) is 0.880. The third kappa shape index (κ3) is 3.81. The molecule has 0 aromatic heterocycles. The highest BCUT2D eigenvalue weighted by Gasteiger charge is 2.51. The van der Waals surface area contributed by atoms with Crippen molar-refractivity contribution >= 4 is 11.6 Å². The highest BCUT2D eigenvalue weighted by atomic mass is 19.4. The average molecular weight is 373 g/mol. The van der Waals surface area contributed by atoms with Gasteiger partial charge in [-0.1, -0.05) is 0 Å². The highest BCUT2D eigenvalue weighted by molar-refractivity contribution is 6.00. The Morgan fingerprint density at radius 2 is 1.96 bits per heavy atom. The fourth-order valence-electron chi connectivity index (χ4n) is 3.93. The maximum atomic E-state index is 13.0. The number of nitrogens with zero attached hydrogens (tertiary/aromatic N) is 1. The van der Waals surface area contributed by atoms with Gasteiger partial charge in [0.05, 0.1) is 17.6 Å². The van der Waals surface area contributed by atoms with Gasteiger partial charge in [-0.2, -0.15) is 0 Å². The zero-order chi connectivity index (χ0) is 18.9. The van der Waals surface area contributed by atoms with E-state index < -0.39 is 17.9 Å². The second-order valence-electron chi connectivity index (χ2n) is 6.83. The van der Waals surface area contributed by atoms with Crippen molar-refractivity contribution in [2.75, 3.05) is 18.1 Å². The van der Waals surface area contributed by atoms with Crippen molar-refractivity contribution in [3.05, 3.63) is 24.3 Å². The van der Waals surface area contributed by atoms with E-state index >= 15 is 0 Å². The van der Waals surface area contributed by atoms with Crippen molar-refractivity contribution in [2.24, 2.45) is 5.41 Å². The number of carbonyl (C=O) groups excluding carboxylic acids is 1. The molecule has 1 saturated heterocycles. The van der Waals surface area contributed by atoms with Crippen LogP contribution in [0.3, 0.4) is 0 Å². The van der Waals surface area contributed by atoms with E-state index in [1.807, 2.05) is 6.92 Å². The van der Waals surface area contributed by atoms with Gasteiger partial charge in [0.1, 0.15) is 5.75 Å². The number of anilines is 1. The molecule has 1 saturated carbocycles. The molecule has 0 unspecified atom stereocenters. The lowest BCUT2D eigenvalue weighted by atomic mass is 9.70. The minimum atomic E-state index is -4.74. The Labute approximate surface area is 149 Å². The Morgan fingerprint density at radius 1 is 1.27 bits per heavy atom. The molecule has 3 atom stereocenters. The molecule has 1 spiro atoms. The van der Waals surface area contributed by atoms with Crippen LogP contribution >= 0.6 is 0 Å². The minimum Gasteiger partial charge on any atom is -0.406 e. The van der Waals surface area contributed by atoms with Crippen molar-refractivity contribution in [1.29, 1.82) is 0 Å². The third-order valence-electron chi connectivity index (χ3n) is 5.22. The van der Waals surface area contributed by atoms with Crippen LogP contribution in [0, 0.1) is 5.41 Å². The largest absolute Gasteiger partial charge is 0.573 e. The van der Waals surface area contributed by atoms with Crippen molar-refractivity contribution in [3.63, 3.8) is 0 Å². The number of carbonyl (C=O) groups is 1. The summed E-state index contributed by atoms with van der Waals surface area (Å²) >= 11 is 0.